The third-order valence-electron chi connectivity index (χ3n) is 4.38. The summed E-state index contributed by atoms with van der Waals surface area (Å²) >= 11 is 0. The molecule has 0 atom stereocenters. The molecule has 6 heteroatoms. The second-order valence-electron chi connectivity index (χ2n) is 6.12. The van der Waals surface area contributed by atoms with Gasteiger partial charge >= 0.3 is 0 Å². The molecule has 0 saturated carbocycles. The van der Waals surface area contributed by atoms with Gasteiger partial charge in [0.2, 0.25) is 5.91 Å². The summed E-state index contributed by atoms with van der Waals surface area (Å²) in [6.45, 7) is 4.60. The number of fused-ring (bicyclic) bond motifs is 1. The fourth-order valence-electron chi connectivity index (χ4n) is 2.78. The number of aromatic nitrogens is 3. The van der Waals surface area contributed by atoms with Crippen molar-refractivity contribution in [2.75, 3.05) is 6.54 Å². The summed E-state index contributed by atoms with van der Waals surface area (Å²) in [7, 11) is 1.84. The van der Waals surface area contributed by atoms with Crippen LogP contribution >= 0.6 is 0 Å². The molecule has 2 N–H and O–H groups in total. The largest absolute Gasteiger partial charge is 0.504 e. The zero-order valence-electron chi connectivity index (χ0n) is 14.2. The summed E-state index contributed by atoms with van der Waals surface area (Å²) in [5, 5.41) is 13.1. The van der Waals surface area contributed by atoms with E-state index in [1.807, 2.05) is 18.5 Å². The second kappa shape index (κ2) is 6.39. The van der Waals surface area contributed by atoms with E-state index in [0.29, 0.717) is 17.7 Å². The van der Waals surface area contributed by atoms with E-state index in [1.165, 1.54) is 11.1 Å². The average Bonchev–Trinajstić information content (AvgIpc) is 3.06. The first kappa shape index (κ1) is 16.1. The maximum atomic E-state index is 12.2. The molecule has 2 aromatic heterocycles. The molecule has 0 unspecified atom stereocenters. The number of nitrogens with one attached hydrogen (secondary N) is 1. The van der Waals surface area contributed by atoms with Gasteiger partial charge in [0, 0.05) is 13.6 Å². The lowest BCUT2D eigenvalue weighted by Crippen LogP contribution is -2.29. The Bertz CT molecular complexity index is 875. The molecule has 0 fully saturated rings. The summed E-state index contributed by atoms with van der Waals surface area (Å²) in [4.78, 5) is 16.4. The topological polar surface area (TPSA) is 72.1 Å². The Labute approximate surface area is 140 Å². The molecular formula is C18H22N4O2. The lowest BCUT2D eigenvalue weighted by Gasteiger charge is -2.07. The van der Waals surface area contributed by atoms with Crippen LogP contribution in [-0.4, -0.2) is 31.7 Å². The number of hydrogen-bond acceptors (Lipinski definition) is 3. The number of carbonyl (C=O) groups excluding carboxylic acids is 1. The van der Waals surface area contributed by atoms with Crippen LogP contribution in [0.25, 0.3) is 11.2 Å². The average molecular weight is 326 g/mol. The molecule has 0 bridgehead atoms. The van der Waals surface area contributed by atoms with Crippen LogP contribution in [0.1, 0.15) is 16.8 Å². The standard InChI is InChI=1S/C18H22N4O2/c1-12-4-6-14(7-5-12)8-9-19-15(23)10-22-11-20-18-16(22)17(24)13(2)21(18)3/h4-7,11,24H,8-10H2,1-3H3,(H,19,23). The normalized spacial score (nSPS) is 11.1. The van der Waals surface area contributed by atoms with Crippen molar-refractivity contribution < 1.29 is 9.90 Å². The molecule has 126 valence electrons. The monoisotopic (exact) mass is 326 g/mol. The number of imidazole rings is 1. The predicted molar refractivity (Wildman–Crippen MR) is 93.0 cm³/mol. The Hall–Kier alpha value is -2.76. The first-order valence-electron chi connectivity index (χ1n) is 7.98. The number of benzene rings is 1. The van der Waals surface area contributed by atoms with E-state index in [0.717, 1.165) is 12.1 Å². The minimum Gasteiger partial charge on any atom is -0.504 e. The van der Waals surface area contributed by atoms with Gasteiger partial charge in [-0.25, -0.2) is 4.98 Å². The molecule has 3 aromatic rings. The predicted octanol–water partition coefficient (Wildman–Crippen LogP) is 2.06. The number of aromatic hydroxyl groups is 1. The molecule has 0 radical (unpaired) electrons. The molecule has 0 aliphatic rings. The molecule has 0 aliphatic heterocycles. The smallest absolute Gasteiger partial charge is 0.240 e. The molecule has 0 spiro atoms. The van der Waals surface area contributed by atoms with Gasteiger partial charge in [0.05, 0.1) is 12.0 Å². The van der Waals surface area contributed by atoms with Crippen LogP contribution < -0.4 is 5.32 Å². The van der Waals surface area contributed by atoms with Gasteiger partial charge in [0.15, 0.2) is 11.4 Å². The van der Waals surface area contributed by atoms with Gasteiger partial charge in [-0.3, -0.25) is 4.79 Å². The fraction of sp³-hybridized carbons (Fsp3) is 0.333. The number of aryl methyl sites for hydroxylation is 2. The SMILES string of the molecule is Cc1ccc(CCNC(=O)Cn2cnc3c2c(O)c(C)n3C)cc1. The van der Waals surface area contributed by atoms with Gasteiger partial charge in [-0.1, -0.05) is 29.8 Å². The van der Waals surface area contributed by atoms with E-state index < -0.39 is 0 Å². The summed E-state index contributed by atoms with van der Waals surface area (Å²) in [5.41, 5.74) is 4.44. The number of nitrogens with zero attached hydrogens (tertiary/aromatic N) is 3. The third-order valence-corrected chi connectivity index (χ3v) is 4.38. The molecule has 3 rings (SSSR count). The van der Waals surface area contributed by atoms with Crippen LogP contribution in [0.3, 0.4) is 0 Å². The summed E-state index contributed by atoms with van der Waals surface area (Å²) in [6.07, 6.45) is 2.38. The van der Waals surface area contributed by atoms with Crippen molar-refractivity contribution in [2.45, 2.75) is 26.8 Å². The highest BCUT2D eigenvalue weighted by molar-refractivity contribution is 5.84. The van der Waals surface area contributed by atoms with E-state index >= 15 is 0 Å². The maximum absolute atomic E-state index is 12.2. The van der Waals surface area contributed by atoms with Crippen molar-refractivity contribution in [2.24, 2.45) is 7.05 Å². The lowest BCUT2D eigenvalue weighted by molar-refractivity contribution is -0.121. The lowest BCUT2D eigenvalue weighted by atomic mass is 10.1. The number of carbonyl (C=O) groups is 1. The number of hydrogen-bond donors (Lipinski definition) is 2. The van der Waals surface area contributed by atoms with E-state index in [4.69, 9.17) is 0 Å². The van der Waals surface area contributed by atoms with E-state index in [9.17, 15) is 9.90 Å². The molecule has 6 nitrogen and oxygen atoms in total. The first-order valence-corrected chi connectivity index (χ1v) is 7.98. The van der Waals surface area contributed by atoms with Crippen LogP contribution in [-0.2, 0) is 24.8 Å². The zero-order valence-corrected chi connectivity index (χ0v) is 14.2. The summed E-state index contributed by atoms with van der Waals surface area (Å²) < 4.78 is 3.50. The fourth-order valence-corrected chi connectivity index (χ4v) is 2.78. The van der Waals surface area contributed by atoms with Crippen LogP contribution in [0.4, 0.5) is 0 Å². The summed E-state index contributed by atoms with van der Waals surface area (Å²) in [6, 6.07) is 8.29. The molecule has 0 aliphatic carbocycles. The Morgan fingerprint density at radius 2 is 1.96 bits per heavy atom. The highest BCUT2D eigenvalue weighted by atomic mass is 16.3. The Balaban J connectivity index is 1.61. The highest BCUT2D eigenvalue weighted by Gasteiger charge is 2.17. The van der Waals surface area contributed by atoms with Crippen molar-refractivity contribution in [1.82, 2.24) is 19.4 Å². The minimum atomic E-state index is -0.0951. The Morgan fingerprint density at radius 3 is 2.67 bits per heavy atom. The van der Waals surface area contributed by atoms with Crippen molar-refractivity contribution in [3.63, 3.8) is 0 Å². The maximum Gasteiger partial charge on any atom is 0.240 e. The van der Waals surface area contributed by atoms with Crippen molar-refractivity contribution in [3.05, 3.63) is 47.4 Å². The van der Waals surface area contributed by atoms with E-state index in [1.54, 1.807) is 10.9 Å². The van der Waals surface area contributed by atoms with Crippen LogP contribution in [0, 0.1) is 13.8 Å². The van der Waals surface area contributed by atoms with Crippen molar-refractivity contribution >= 4 is 17.1 Å². The molecule has 24 heavy (non-hydrogen) atoms. The van der Waals surface area contributed by atoms with Gasteiger partial charge in [-0.05, 0) is 25.8 Å². The molecule has 1 amide bonds. The number of rotatable bonds is 5. The first-order chi connectivity index (χ1) is 11.5. The molecular weight excluding hydrogens is 304 g/mol. The zero-order chi connectivity index (χ0) is 17.3. The van der Waals surface area contributed by atoms with Crippen LogP contribution in [0.2, 0.25) is 0 Å². The van der Waals surface area contributed by atoms with Crippen LogP contribution in [0.15, 0.2) is 30.6 Å². The van der Waals surface area contributed by atoms with Gasteiger partial charge in [-0.15, -0.1) is 0 Å². The van der Waals surface area contributed by atoms with E-state index in [-0.39, 0.29) is 18.2 Å². The van der Waals surface area contributed by atoms with Crippen LogP contribution in [0.5, 0.6) is 5.75 Å². The Morgan fingerprint density at radius 1 is 1.25 bits per heavy atom. The minimum absolute atomic E-state index is 0.0951. The second-order valence-corrected chi connectivity index (χ2v) is 6.12. The molecule has 2 heterocycles. The molecule has 0 saturated heterocycles. The molecule has 1 aromatic carbocycles. The van der Waals surface area contributed by atoms with Gasteiger partial charge < -0.3 is 19.6 Å². The summed E-state index contributed by atoms with van der Waals surface area (Å²) in [5.74, 6) is 0.0831. The Kier molecular flexibility index (Phi) is 4.29. The quantitative estimate of drug-likeness (QED) is 0.754. The van der Waals surface area contributed by atoms with Gasteiger partial charge in [-0.2, -0.15) is 0 Å². The van der Waals surface area contributed by atoms with Gasteiger partial charge in [0.1, 0.15) is 12.1 Å². The highest BCUT2D eigenvalue weighted by Crippen LogP contribution is 2.29. The number of amides is 1. The third kappa shape index (κ3) is 2.99. The van der Waals surface area contributed by atoms with Gasteiger partial charge in [0.25, 0.3) is 0 Å². The van der Waals surface area contributed by atoms with Crippen molar-refractivity contribution in [1.29, 1.82) is 0 Å². The van der Waals surface area contributed by atoms with Crippen molar-refractivity contribution in [3.8, 4) is 5.75 Å². The van der Waals surface area contributed by atoms with E-state index in [2.05, 4.69) is 41.5 Å².